The molecule has 3 heterocycles. The summed E-state index contributed by atoms with van der Waals surface area (Å²) >= 11 is 1.85. The van der Waals surface area contributed by atoms with Crippen LogP contribution in [0, 0.1) is 5.92 Å². The molecule has 128 valence electrons. The first-order valence-electron chi connectivity index (χ1n) is 8.74. The average molecular weight is 344 g/mol. The van der Waals surface area contributed by atoms with Gasteiger partial charge in [-0.05, 0) is 42.3 Å². The molecule has 4 rings (SSSR count). The highest BCUT2D eigenvalue weighted by Crippen LogP contribution is 2.35. The van der Waals surface area contributed by atoms with Gasteiger partial charge in [-0.2, -0.15) is 0 Å². The highest BCUT2D eigenvalue weighted by molar-refractivity contribution is 7.09. The number of hydrogen-bond donors (Lipinski definition) is 0. The Bertz CT molecular complexity index is 620. The fourth-order valence-electron chi connectivity index (χ4n) is 3.87. The predicted molar refractivity (Wildman–Crippen MR) is 94.9 cm³/mol. The molecular formula is C19H24N2O2S. The lowest BCUT2D eigenvalue weighted by atomic mass is 10.1. The predicted octanol–water partition coefficient (Wildman–Crippen LogP) is 3.34. The van der Waals surface area contributed by atoms with Crippen molar-refractivity contribution in [2.45, 2.75) is 38.1 Å². The number of morpholine rings is 1. The molecule has 2 aromatic rings. The largest absolute Gasteiger partial charge is 0.375 e. The molecule has 0 spiro atoms. The van der Waals surface area contributed by atoms with Crippen molar-refractivity contribution in [1.29, 1.82) is 0 Å². The van der Waals surface area contributed by atoms with E-state index in [-0.39, 0.29) is 0 Å². The van der Waals surface area contributed by atoms with Crippen molar-refractivity contribution in [2.75, 3.05) is 19.8 Å². The summed E-state index contributed by atoms with van der Waals surface area (Å²) in [6, 6.07) is 10.9. The summed E-state index contributed by atoms with van der Waals surface area (Å²) in [7, 11) is 0. The summed E-state index contributed by atoms with van der Waals surface area (Å²) in [4.78, 5) is 8.37. The van der Waals surface area contributed by atoms with Gasteiger partial charge < -0.3 is 9.47 Å². The second-order valence-electron chi connectivity index (χ2n) is 6.70. The van der Waals surface area contributed by atoms with Gasteiger partial charge in [0.05, 0.1) is 31.6 Å². The molecule has 0 aromatic carbocycles. The number of fused-ring (bicyclic) bond motifs is 1. The maximum atomic E-state index is 6.04. The SMILES string of the molecule is c1ccc(COC[C@@H]2C[C@@H]3OCCN(Cc4cccs4)[C@H]3C2)nc1. The third-order valence-electron chi connectivity index (χ3n) is 5.02. The summed E-state index contributed by atoms with van der Waals surface area (Å²) in [5.41, 5.74) is 1.00. The van der Waals surface area contributed by atoms with Gasteiger partial charge in [0.25, 0.3) is 0 Å². The second-order valence-corrected chi connectivity index (χ2v) is 7.73. The second kappa shape index (κ2) is 7.74. The van der Waals surface area contributed by atoms with Crippen molar-refractivity contribution in [2.24, 2.45) is 5.92 Å². The van der Waals surface area contributed by atoms with E-state index in [1.165, 1.54) is 11.3 Å². The van der Waals surface area contributed by atoms with E-state index in [0.717, 1.165) is 38.4 Å². The number of rotatable bonds is 6. The molecule has 0 radical (unpaired) electrons. The maximum absolute atomic E-state index is 6.04. The minimum Gasteiger partial charge on any atom is -0.375 e. The molecular weight excluding hydrogens is 320 g/mol. The fraction of sp³-hybridized carbons (Fsp3) is 0.526. The van der Waals surface area contributed by atoms with Crippen LogP contribution in [-0.2, 0) is 22.6 Å². The molecule has 0 N–H and O–H groups in total. The van der Waals surface area contributed by atoms with Crippen LogP contribution in [0.5, 0.6) is 0 Å². The lowest BCUT2D eigenvalue weighted by molar-refractivity contribution is -0.0588. The molecule has 3 atom stereocenters. The Hall–Kier alpha value is -1.27. The van der Waals surface area contributed by atoms with E-state index in [9.17, 15) is 0 Å². The molecule has 24 heavy (non-hydrogen) atoms. The zero-order chi connectivity index (χ0) is 16.2. The molecule has 0 amide bonds. The molecule has 1 aliphatic carbocycles. The number of aromatic nitrogens is 1. The fourth-order valence-corrected chi connectivity index (χ4v) is 4.60. The first-order valence-corrected chi connectivity index (χ1v) is 9.62. The van der Waals surface area contributed by atoms with Gasteiger partial charge in [0.1, 0.15) is 0 Å². The molecule has 1 aliphatic heterocycles. The number of nitrogens with zero attached hydrogens (tertiary/aromatic N) is 2. The van der Waals surface area contributed by atoms with E-state index in [1.54, 1.807) is 0 Å². The van der Waals surface area contributed by atoms with Crippen LogP contribution in [0.4, 0.5) is 0 Å². The zero-order valence-corrected chi connectivity index (χ0v) is 14.7. The molecule has 2 fully saturated rings. The van der Waals surface area contributed by atoms with Crippen LogP contribution < -0.4 is 0 Å². The topological polar surface area (TPSA) is 34.6 Å². The molecule has 1 saturated carbocycles. The summed E-state index contributed by atoms with van der Waals surface area (Å²) in [5.74, 6) is 0.590. The third-order valence-corrected chi connectivity index (χ3v) is 5.88. The first-order chi connectivity index (χ1) is 11.9. The molecule has 0 bridgehead atoms. The van der Waals surface area contributed by atoms with E-state index < -0.39 is 0 Å². The summed E-state index contributed by atoms with van der Waals surface area (Å²) in [6.45, 7) is 4.37. The van der Waals surface area contributed by atoms with Gasteiger partial charge in [-0.15, -0.1) is 11.3 Å². The van der Waals surface area contributed by atoms with Gasteiger partial charge in [0, 0.05) is 30.2 Å². The summed E-state index contributed by atoms with van der Waals surface area (Å²) in [5, 5.41) is 2.16. The van der Waals surface area contributed by atoms with Crippen LogP contribution in [-0.4, -0.2) is 41.8 Å². The van der Waals surface area contributed by atoms with Crippen molar-refractivity contribution >= 4 is 11.3 Å². The van der Waals surface area contributed by atoms with Gasteiger partial charge in [0.15, 0.2) is 0 Å². The average Bonchev–Trinajstić information content (AvgIpc) is 3.26. The minimum absolute atomic E-state index is 0.377. The van der Waals surface area contributed by atoms with Gasteiger partial charge in [0.2, 0.25) is 0 Å². The van der Waals surface area contributed by atoms with E-state index in [0.29, 0.717) is 24.7 Å². The quantitative estimate of drug-likeness (QED) is 0.805. The van der Waals surface area contributed by atoms with Crippen LogP contribution in [0.2, 0.25) is 0 Å². The minimum atomic E-state index is 0.377. The Labute approximate surface area is 147 Å². The summed E-state index contributed by atoms with van der Waals surface area (Å²) in [6.07, 6.45) is 4.49. The molecule has 2 aromatic heterocycles. The molecule has 5 heteroatoms. The molecule has 1 saturated heterocycles. The lowest BCUT2D eigenvalue weighted by Crippen LogP contribution is -2.47. The Morgan fingerprint density at radius 3 is 3.08 bits per heavy atom. The molecule has 2 aliphatic rings. The van der Waals surface area contributed by atoms with Crippen molar-refractivity contribution < 1.29 is 9.47 Å². The smallest absolute Gasteiger partial charge is 0.0887 e. The number of thiophene rings is 1. The van der Waals surface area contributed by atoms with Crippen LogP contribution in [0.25, 0.3) is 0 Å². The normalized spacial score (nSPS) is 27.2. The zero-order valence-electron chi connectivity index (χ0n) is 13.8. The standard InChI is InChI=1S/C19H24N2O2S/c1-2-6-20-16(4-1)14-22-13-15-10-18-19(11-15)23-8-7-21(18)12-17-5-3-9-24-17/h1-6,9,15,18-19H,7-8,10-14H2/t15-,18-,19-/m0/s1. The third kappa shape index (κ3) is 3.86. The number of hydrogen-bond acceptors (Lipinski definition) is 5. The van der Waals surface area contributed by atoms with Crippen LogP contribution >= 0.6 is 11.3 Å². The Kier molecular flexibility index (Phi) is 5.23. The summed E-state index contributed by atoms with van der Waals surface area (Å²) < 4.78 is 12.0. The highest BCUT2D eigenvalue weighted by Gasteiger charge is 2.40. The van der Waals surface area contributed by atoms with E-state index in [2.05, 4.69) is 27.4 Å². The molecule has 4 nitrogen and oxygen atoms in total. The van der Waals surface area contributed by atoms with Crippen molar-refractivity contribution in [3.05, 3.63) is 52.5 Å². The van der Waals surface area contributed by atoms with E-state index >= 15 is 0 Å². The molecule has 0 unspecified atom stereocenters. The highest BCUT2D eigenvalue weighted by atomic mass is 32.1. The van der Waals surface area contributed by atoms with Crippen LogP contribution in [0.1, 0.15) is 23.4 Å². The Morgan fingerprint density at radius 2 is 2.25 bits per heavy atom. The van der Waals surface area contributed by atoms with Crippen molar-refractivity contribution in [1.82, 2.24) is 9.88 Å². The Balaban J connectivity index is 1.29. The maximum Gasteiger partial charge on any atom is 0.0887 e. The van der Waals surface area contributed by atoms with Gasteiger partial charge >= 0.3 is 0 Å². The van der Waals surface area contributed by atoms with E-state index in [1.807, 2.05) is 35.7 Å². The van der Waals surface area contributed by atoms with Crippen molar-refractivity contribution in [3.8, 4) is 0 Å². The van der Waals surface area contributed by atoms with Crippen LogP contribution in [0.15, 0.2) is 41.9 Å². The van der Waals surface area contributed by atoms with E-state index in [4.69, 9.17) is 9.47 Å². The van der Waals surface area contributed by atoms with Crippen LogP contribution in [0.3, 0.4) is 0 Å². The van der Waals surface area contributed by atoms with Gasteiger partial charge in [-0.25, -0.2) is 0 Å². The van der Waals surface area contributed by atoms with Gasteiger partial charge in [-0.3, -0.25) is 9.88 Å². The Morgan fingerprint density at radius 1 is 1.25 bits per heavy atom. The number of ether oxygens (including phenoxy) is 2. The van der Waals surface area contributed by atoms with Gasteiger partial charge in [-0.1, -0.05) is 12.1 Å². The first kappa shape index (κ1) is 16.2. The van der Waals surface area contributed by atoms with Crippen molar-refractivity contribution in [3.63, 3.8) is 0 Å². The number of pyridine rings is 1. The monoisotopic (exact) mass is 344 g/mol. The lowest BCUT2D eigenvalue weighted by Gasteiger charge is -2.37.